The van der Waals surface area contributed by atoms with E-state index in [0.717, 1.165) is 11.3 Å². The van der Waals surface area contributed by atoms with Crippen molar-refractivity contribution in [1.29, 1.82) is 0 Å². The van der Waals surface area contributed by atoms with E-state index in [1.54, 1.807) is 12.3 Å². The molecular formula is C16H16ClN3O. The summed E-state index contributed by atoms with van der Waals surface area (Å²) in [6, 6.07) is 11.7. The molecule has 0 spiro atoms. The van der Waals surface area contributed by atoms with Crippen LogP contribution in [0, 0.1) is 0 Å². The van der Waals surface area contributed by atoms with E-state index in [4.69, 9.17) is 11.6 Å². The van der Waals surface area contributed by atoms with Gasteiger partial charge in [0, 0.05) is 29.5 Å². The average Bonchev–Trinajstić information content (AvgIpc) is 3.30. The second-order valence-corrected chi connectivity index (χ2v) is 5.53. The molecule has 2 N–H and O–H groups in total. The molecule has 1 aromatic heterocycles. The zero-order valence-corrected chi connectivity index (χ0v) is 12.2. The summed E-state index contributed by atoms with van der Waals surface area (Å²) >= 11 is 6.07. The maximum Gasteiger partial charge on any atom is 0.270 e. The summed E-state index contributed by atoms with van der Waals surface area (Å²) in [5, 5.41) is 6.84. The topological polar surface area (TPSA) is 54.0 Å². The first kappa shape index (κ1) is 13.9. The smallest absolute Gasteiger partial charge is 0.270 e. The van der Waals surface area contributed by atoms with Crippen LogP contribution in [0.1, 0.15) is 28.9 Å². The van der Waals surface area contributed by atoms with Gasteiger partial charge in [-0.3, -0.25) is 9.78 Å². The number of rotatable bonds is 5. The zero-order chi connectivity index (χ0) is 14.7. The number of aromatic nitrogens is 1. The Hall–Kier alpha value is -2.07. The Labute approximate surface area is 128 Å². The van der Waals surface area contributed by atoms with Crippen molar-refractivity contribution >= 4 is 23.2 Å². The zero-order valence-electron chi connectivity index (χ0n) is 11.5. The summed E-state index contributed by atoms with van der Waals surface area (Å²) in [5.74, 6) is -0.200. The van der Waals surface area contributed by atoms with Crippen LogP contribution in [-0.4, -0.2) is 16.9 Å². The first-order valence-corrected chi connectivity index (χ1v) is 7.34. The lowest BCUT2D eigenvalue weighted by Crippen LogP contribution is -2.24. The fourth-order valence-corrected chi connectivity index (χ4v) is 2.22. The fourth-order valence-electron chi connectivity index (χ4n) is 2.02. The molecule has 0 atom stereocenters. The number of carbonyl (C=O) groups is 1. The number of benzene rings is 1. The molecular weight excluding hydrogens is 286 g/mol. The van der Waals surface area contributed by atoms with E-state index in [1.165, 1.54) is 12.8 Å². The highest BCUT2D eigenvalue weighted by molar-refractivity contribution is 6.31. The van der Waals surface area contributed by atoms with Crippen molar-refractivity contribution in [3.05, 3.63) is 58.9 Å². The van der Waals surface area contributed by atoms with E-state index in [2.05, 4.69) is 15.6 Å². The van der Waals surface area contributed by atoms with Gasteiger partial charge >= 0.3 is 0 Å². The molecule has 1 aliphatic rings. The van der Waals surface area contributed by atoms with Gasteiger partial charge < -0.3 is 10.6 Å². The third kappa shape index (κ3) is 3.73. The predicted molar refractivity (Wildman–Crippen MR) is 83.5 cm³/mol. The highest BCUT2D eigenvalue weighted by Gasteiger charge is 2.21. The molecule has 0 bridgehead atoms. The number of amides is 1. The standard InChI is InChI=1S/C16H16ClN3O/c17-14-4-2-1-3-11(14)10-19-16(21)15-9-13(7-8-18-15)20-12-5-6-12/h1-4,7-9,12H,5-6,10H2,(H,18,20)(H,19,21). The normalized spacial score (nSPS) is 13.8. The minimum absolute atomic E-state index is 0.200. The number of halogens is 1. The Morgan fingerprint density at radius 3 is 2.86 bits per heavy atom. The quantitative estimate of drug-likeness (QED) is 0.891. The number of carbonyl (C=O) groups excluding carboxylic acids is 1. The molecule has 2 aromatic rings. The van der Waals surface area contributed by atoms with Crippen LogP contribution in [0.3, 0.4) is 0 Å². The summed E-state index contributed by atoms with van der Waals surface area (Å²) < 4.78 is 0. The molecule has 4 nitrogen and oxygen atoms in total. The van der Waals surface area contributed by atoms with Crippen molar-refractivity contribution in [2.75, 3.05) is 5.32 Å². The molecule has 1 heterocycles. The van der Waals surface area contributed by atoms with Gasteiger partial charge in [0.25, 0.3) is 5.91 Å². The van der Waals surface area contributed by atoms with Gasteiger partial charge in [0.1, 0.15) is 5.69 Å². The second kappa shape index (κ2) is 6.14. The SMILES string of the molecule is O=C(NCc1ccccc1Cl)c1cc(NC2CC2)ccn1. The molecule has 1 aromatic carbocycles. The molecule has 1 amide bonds. The predicted octanol–water partition coefficient (Wildman–Crippen LogP) is 3.24. The van der Waals surface area contributed by atoms with Crippen molar-refractivity contribution in [2.45, 2.75) is 25.4 Å². The molecule has 1 aliphatic carbocycles. The summed E-state index contributed by atoms with van der Waals surface area (Å²) in [6.45, 7) is 0.389. The fraction of sp³-hybridized carbons (Fsp3) is 0.250. The lowest BCUT2D eigenvalue weighted by molar-refractivity contribution is 0.0946. The third-order valence-corrected chi connectivity index (χ3v) is 3.71. The van der Waals surface area contributed by atoms with Crippen molar-refractivity contribution in [3.8, 4) is 0 Å². The highest BCUT2D eigenvalue weighted by Crippen LogP contribution is 2.24. The first-order chi connectivity index (χ1) is 10.2. The molecule has 108 valence electrons. The van der Waals surface area contributed by atoms with Crippen LogP contribution in [-0.2, 0) is 6.54 Å². The molecule has 1 fully saturated rings. The van der Waals surface area contributed by atoms with Crippen LogP contribution in [0.5, 0.6) is 0 Å². The van der Waals surface area contributed by atoms with Gasteiger partial charge in [0.2, 0.25) is 0 Å². The van der Waals surface area contributed by atoms with Crippen LogP contribution in [0.15, 0.2) is 42.6 Å². The lowest BCUT2D eigenvalue weighted by atomic mass is 10.2. The molecule has 5 heteroatoms. The highest BCUT2D eigenvalue weighted by atomic mass is 35.5. The lowest BCUT2D eigenvalue weighted by Gasteiger charge is -2.08. The monoisotopic (exact) mass is 301 g/mol. The van der Waals surface area contributed by atoms with E-state index in [9.17, 15) is 4.79 Å². The number of hydrogen-bond donors (Lipinski definition) is 2. The van der Waals surface area contributed by atoms with Gasteiger partial charge in [-0.15, -0.1) is 0 Å². The Morgan fingerprint density at radius 2 is 2.10 bits per heavy atom. The van der Waals surface area contributed by atoms with Crippen molar-refractivity contribution in [2.24, 2.45) is 0 Å². The molecule has 3 rings (SSSR count). The van der Waals surface area contributed by atoms with E-state index >= 15 is 0 Å². The summed E-state index contributed by atoms with van der Waals surface area (Å²) in [6.07, 6.45) is 4.03. The first-order valence-electron chi connectivity index (χ1n) is 6.96. The Morgan fingerprint density at radius 1 is 1.29 bits per heavy atom. The van der Waals surface area contributed by atoms with Crippen LogP contribution in [0.25, 0.3) is 0 Å². The largest absolute Gasteiger partial charge is 0.382 e. The molecule has 21 heavy (non-hydrogen) atoms. The van der Waals surface area contributed by atoms with Gasteiger partial charge in [-0.1, -0.05) is 29.8 Å². The molecule has 0 saturated heterocycles. The third-order valence-electron chi connectivity index (χ3n) is 3.34. The maximum atomic E-state index is 12.1. The molecule has 0 radical (unpaired) electrons. The summed E-state index contributed by atoms with van der Waals surface area (Å²) in [4.78, 5) is 16.3. The van der Waals surface area contributed by atoms with Crippen LogP contribution in [0.4, 0.5) is 5.69 Å². The maximum absolute atomic E-state index is 12.1. The Kier molecular flexibility index (Phi) is 4.06. The van der Waals surface area contributed by atoms with E-state index < -0.39 is 0 Å². The van der Waals surface area contributed by atoms with Gasteiger partial charge in [-0.25, -0.2) is 0 Å². The minimum Gasteiger partial charge on any atom is -0.382 e. The second-order valence-electron chi connectivity index (χ2n) is 5.12. The number of nitrogens with zero attached hydrogens (tertiary/aromatic N) is 1. The van der Waals surface area contributed by atoms with E-state index in [1.807, 2.05) is 30.3 Å². The number of pyridine rings is 1. The van der Waals surface area contributed by atoms with Gasteiger partial charge in [-0.05, 0) is 36.6 Å². The van der Waals surface area contributed by atoms with Gasteiger partial charge in [0.15, 0.2) is 0 Å². The van der Waals surface area contributed by atoms with Gasteiger partial charge in [-0.2, -0.15) is 0 Å². The minimum atomic E-state index is -0.200. The Balaban J connectivity index is 1.63. The Bertz CT molecular complexity index is 655. The number of nitrogens with one attached hydrogen (secondary N) is 2. The van der Waals surface area contributed by atoms with Crippen LogP contribution in [0.2, 0.25) is 5.02 Å². The average molecular weight is 302 g/mol. The number of hydrogen-bond acceptors (Lipinski definition) is 3. The molecule has 0 aliphatic heterocycles. The van der Waals surface area contributed by atoms with Crippen molar-refractivity contribution < 1.29 is 4.79 Å². The van der Waals surface area contributed by atoms with Crippen LogP contribution >= 0.6 is 11.6 Å². The van der Waals surface area contributed by atoms with Gasteiger partial charge in [0.05, 0.1) is 0 Å². The molecule has 0 unspecified atom stereocenters. The summed E-state index contributed by atoms with van der Waals surface area (Å²) in [5.41, 5.74) is 2.24. The summed E-state index contributed by atoms with van der Waals surface area (Å²) in [7, 11) is 0. The molecule has 1 saturated carbocycles. The van der Waals surface area contributed by atoms with E-state index in [0.29, 0.717) is 23.3 Å². The number of anilines is 1. The van der Waals surface area contributed by atoms with Crippen molar-refractivity contribution in [3.63, 3.8) is 0 Å². The van der Waals surface area contributed by atoms with Crippen LogP contribution < -0.4 is 10.6 Å². The van der Waals surface area contributed by atoms with Crippen molar-refractivity contribution in [1.82, 2.24) is 10.3 Å². The van der Waals surface area contributed by atoms with E-state index in [-0.39, 0.29) is 5.91 Å².